The van der Waals surface area contributed by atoms with Gasteiger partial charge in [0.05, 0.1) is 29.1 Å². The Hall–Kier alpha value is -1.13. The number of amides is 1. The molecule has 2 N–H and O–H groups in total. The van der Waals surface area contributed by atoms with Crippen molar-refractivity contribution in [3.63, 3.8) is 0 Å². The van der Waals surface area contributed by atoms with Gasteiger partial charge < -0.3 is 26.4 Å². The number of anilines is 1. The van der Waals surface area contributed by atoms with Crippen molar-refractivity contribution in [2.24, 2.45) is 10.9 Å². The Morgan fingerprint density at radius 1 is 1.36 bits per heavy atom. The molecule has 0 bridgehead atoms. The van der Waals surface area contributed by atoms with Crippen molar-refractivity contribution in [2.75, 3.05) is 18.1 Å². The number of nitrogens with zero attached hydrogens (tertiary/aromatic N) is 3. The maximum Gasteiger partial charge on any atom is 1.00 e. The summed E-state index contributed by atoms with van der Waals surface area (Å²) in [5.74, 6) is 1.21. The molecule has 0 fully saturated rings. The van der Waals surface area contributed by atoms with Crippen LogP contribution in [0.5, 0.6) is 0 Å². The van der Waals surface area contributed by atoms with Crippen LogP contribution in [-0.4, -0.2) is 40.2 Å². The molecular weight excluding hydrogens is 481 g/mol. The second-order valence-corrected chi connectivity index (χ2v) is 9.33. The van der Waals surface area contributed by atoms with Gasteiger partial charge in [-0.25, -0.2) is 4.98 Å². The molecule has 0 saturated heterocycles. The Morgan fingerprint density at radius 3 is 2.79 bits per heavy atom. The zero-order valence-electron chi connectivity index (χ0n) is 19.6. The van der Waals surface area contributed by atoms with Crippen LogP contribution in [0.2, 0.25) is 5.02 Å². The Balaban J connectivity index is 0.00000385. The molecule has 1 aliphatic heterocycles. The van der Waals surface area contributed by atoms with Gasteiger partial charge in [0, 0.05) is 23.7 Å². The monoisotopic (exact) mass is 507 g/mol. The maximum atomic E-state index is 12.7. The van der Waals surface area contributed by atoms with Crippen LogP contribution in [0.1, 0.15) is 42.7 Å². The van der Waals surface area contributed by atoms with Crippen molar-refractivity contribution < 1.29 is 60.8 Å². The first-order valence-electron chi connectivity index (χ1n) is 10.3. The van der Waals surface area contributed by atoms with Crippen LogP contribution in [0.25, 0.3) is 0 Å². The number of thioether (sulfide) groups is 1. The van der Waals surface area contributed by atoms with Crippen molar-refractivity contribution in [1.82, 2.24) is 10.3 Å². The van der Waals surface area contributed by atoms with E-state index < -0.39 is 0 Å². The molecule has 33 heavy (non-hydrogen) atoms. The Bertz CT molecular complexity index is 1070. The predicted molar refractivity (Wildman–Crippen MR) is 133 cm³/mol. The van der Waals surface area contributed by atoms with Gasteiger partial charge in [0.1, 0.15) is 12.1 Å². The summed E-state index contributed by atoms with van der Waals surface area (Å²) in [6.45, 7) is 8.22. The molecule has 1 aliphatic rings. The molecule has 0 radical (unpaired) electrons. The van der Waals surface area contributed by atoms with E-state index in [9.17, 15) is 4.79 Å². The number of pyridine rings is 1. The largest absolute Gasteiger partial charge is 1.00 e. The van der Waals surface area contributed by atoms with E-state index in [1.165, 1.54) is 0 Å². The third kappa shape index (κ3) is 8.86. The minimum absolute atomic E-state index is 0. The number of hydrogen-bond acceptors (Lipinski definition) is 5. The van der Waals surface area contributed by atoms with Gasteiger partial charge in [-0.3, -0.25) is 4.79 Å². The molecule has 2 heterocycles. The summed E-state index contributed by atoms with van der Waals surface area (Å²) in [6.07, 6.45) is 8.08. The van der Waals surface area contributed by atoms with Crippen molar-refractivity contribution in [1.29, 1.82) is 0 Å². The SMILES string of the molecule is CC(C)CSc1ncc(C(=O)Nc2cccc(C(C)N[C-]=CN=C3C=[N+](C)[CH-]3)c2)cc1Cl.[K+]. The number of benzene rings is 1. The zero-order chi connectivity index (χ0) is 23.1. The van der Waals surface area contributed by atoms with E-state index >= 15 is 0 Å². The van der Waals surface area contributed by atoms with Gasteiger partial charge >= 0.3 is 51.4 Å². The first kappa shape index (κ1) is 28.1. The summed E-state index contributed by atoms with van der Waals surface area (Å²) < 4.78 is 1.94. The van der Waals surface area contributed by atoms with Gasteiger partial charge in [0.25, 0.3) is 5.91 Å². The molecule has 1 amide bonds. The van der Waals surface area contributed by atoms with E-state index in [4.69, 9.17) is 11.6 Å². The first-order chi connectivity index (χ1) is 15.3. The maximum absolute atomic E-state index is 12.7. The number of carbonyl (C=O) groups is 1. The molecule has 9 heteroatoms. The van der Waals surface area contributed by atoms with Crippen LogP contribution in [0.15, 0.2) is 52.7 Å². The number of rotatable bonds is 9. The standard InChI is InChI=1S/C24H27ClN5OS.K/c1-16(2)15-32-24-22(25)11-19(12-28-24)23(31)29-20-7-5-6-18(10-20)17(3)26-8-9-27-21-13-30(4)14-21;/h5-7,9-14,16-17,26H,15H2,1-4H3,(H,29,31);/q-1;+1. The summed E-state index contributed by atoms with van der Waals surface area (Å²) in [5.41, 5.74) is 3.03. The van der Waals surface area contributed by atoms with Crippen LogP contribution in [-0.2, 0) is 0 Å². The van der Waals surface area contributed by atoms with E-state index in [1.807, 2.05) is 55.6 Å². The van der Waals surface area contributed by atoms with Crippen molar-refractivity contribution >= 4 is 46.9 Å². The number of aliphatic imine (C=N–C) groups is 1. The summed E-state index contributed by atoms with van der Waals surface area (Å²) in [7, 11) is 1.95. The van der Waals surface area contributed by atoms with Crippen molar-refractivity contribution in [3.05, 3.63) is 71.6 Å². The molecule has 0 spiro atoms. The van der Waals surface area contributed by atoms with Gasteiger partial charge in [-0.2, -0.15) is 0 Å². The predicted octanol–water partition coefficient (Wildman–Crippen LogP) is 1.99. The van der Waals surface area contributed by atoms with Gasteiger partial charge in [0.2, 0.25) is 0 Å². The average molecular weight is 508 g/mol. The summed E-state index contributed by atoms with van der Waals surface area (Å²) in [4.78, 5) is 21.3. The zero-order valence-corrected chi connectivity index (χ0v) is 24.3. The number of carbonyl (C=O) groups excluding carboxylic acids is 1. The number of aromatic nitrogens is 1. The molecular formula is C24H27ClKN5OS. The fraction of sp³-hybridized carbons (Fsp3) is 0.292. The molecule has 1 aromatic carbocycles. The third-order valence-corrected chi connectivity index (χ3v) is 6.35. The van der Waals surface area contributed by atoms with Crippen LogP contribution < -0.4 is 62.0 Å². The van der Waals surface area contributed by atoms with E-state index in [0.29, 0.717) is 22.2 Å². The quantitative estimate of drug-likeness (QED) is 0.179. The third-order valence-electron chi connectivity index (χ3n) is 4.52. The minimum atomic E-state index is -0.252. The van der Waals surface area contributed by atoms with Crippen molar-refractivity contribution in [2.45, 2.75) is 31.8 Å². The van der Waals surface area contributed by atoms with Crippen LogP contribution in [0.3, 0.4) is 0 Å². The molecule has 1 unspecified atom stereocenters. The van der Waals surface area contributed by atoms with Crippen LogP contribution in [0.4, 0.5) is 5.69 Å². The molecule has 6 nitrogen and oxygen atoms in total. The Kier molecular flexibility index (Phi) is 11.6. The van der Waals surface area contributed by atoms with Gasteiger partial charge in [0.15, 0.2) is 0 Å². The topological polar surface area (TPSA) is 69.4 Å². The molecule has 3 rings (SSSR count). The number of hydrogen-bond donors (Lipinski definition) is 2. The second-order valence-electron chi connectivity index (χ2n) is 7.91. The molecule has 1 atom stereocenters. The molecule has 168 valence electrons. The molecule has 1 aromatic heterocycles. The van der Waals surface area contributed by atoms with Crippen LogP contribution >= 0.6 is 23.4 Å². The van der Waals surface area contributed by atoms with E-state index in [0.717, 1.165) is 22.1 Å². The second kappa shape index (κ2) is 13.7. The normalized spacial score (nSPS) is 14.8. The number of nitrogens with one attached hydrogen (secondary N) is 2. The Morgan fingerprint density at radius 2 is 2.12 bits per heavy atom. The van der Waals surface area contributed by atoms with E-state index in [1.54, 1.807) is 30.2 Å². The molecule has 2 aromatic rings. The van der Waals surface area contributed by atoms with E-state index in [2.05, 4.69) is 40.7 Å². The first-order valence-corrected chi connectivity index (χ1v) is 11.7. The van der Waals surface area contributed by atoms with Gasteiger partial charge in [-0.1, -0.05) is 37.6 Å². The van der Waals surface area contributed by atoms with Gasteiger partial charge in [-0.15, -0.1) is 18.0 Å². The smallest absolute Gasteiger partial charge is 0.560 e. The fourth-order valence-electron chi connectivity index (χ4n) is 2.82. The minimum Gasteiger partial charge on any atom is -0.560 e. The summed E-state index contributed by atoms with van der Waals surface area (Å²) in [5, 5.41) is 7.31. The number of halogens is 1. The molecule has 0 saturated carbocycles. The Labute approximate surface area is 247 Å². The van der Waals surface area contributed by atoms with Crippen LogP contribution in [0, 0.1) is 18.7 Å². The average Bonchev–Trinajstić information content (AvgIpc) is 2.74. The fourth-order valence-corrected chi connectivity index (χ4v) is 3.96. The summed E-state index contributed by atoms with van der Waals surface area (Å²) in [6, 6.07) is 9.32. The summed E-state index contributed by atoms with van der Waals surface area (Å²) >= 11 is 7.92. The van der Waals surface area contributed by atoms with Crippen molar-refractivity contribution in [3.8, 4) is 0 Å². The van der Waals surface area contributed by atoms with E-state index in [-0.39, 0.29) is 63.3 Å². The molecule has 0 aliphatic carbocycles. The van der Waals surface area contributed by atoms with Gasteiger partial charge in [-0.05, 0) is 36.6 Å².